The highest BCUT2D eigenvalue weighted by molar-refractivity contribution is 8.00. The number of hydrazine groups is 1. The molecule has 0 aliphatic heterocycles. The maximum Gasteiger partial charge on any atom is 0.190 e. The maximum absolute atomic E-state index is 5.35. The molecule has 15 heavy (non-hydrogen) atoms. The number of nitrogens with two attached hydrogens (primary N) is 1. The minimum absolute atomic E-state index is 0.135. The van der Waals surface area contributed by atoms with E-state index in [-0.39, 0.29) is 4.75 Å². The van der Waals surface area contributed by atoms with Crippen LogP contribution < -0.4 is 11.3 Å². The molecule has 6 heteroatoms. The molecule has 0 radical (unpaired) electrons. The molecule has 1 heterocycles. The number of nitrogens with zero attached hydrogens (tertiary/aromatic N) is 2. The largest absolute Gasteiger partial charge is 0.308 e. The molecule has 1 aromatic heterocycles. The summed E-state index contributed by atoms with van der Waals surface area (Å²) < 4.78 is 0.135. The molecule has 0 unspecified atom stereocenters. The lowest BCUT2D eigenvalue weighted by Crippen LogP contribution is -2.11. The highest BCUT2D eigenvalue weighted by atomic mass is 32.2. The topological polar surface area (TPSA) is 63.8 Å². The lowest BCUT2D eigenvalue weighted by Gasteiger charge is -2.17. The summed E-state index contributed by atoms with van der Waals surface area (Å²) in [6, 6.07) is 1.86. The van der Waals surface area contributed by atoms with E-state index in [1.807, 2.05) is 12.3 Å². The van der Waals surface area contributed by atoms with Gasteiger partial charge in [-0.15, -0.1) is 11.8 Å². The molecule has 1 aromatic rings. The average Bonchev–Trinajstić information content (AvgIpc) is 2.14. The predicted octanol–water partition coefficient (Wildman–Crippen LogP) is 2.37. The SMILES string of the molecule is CSc1nc(NN)cc(SC(C)(C)C)n1. The second-order valence-corrected chi connectivity index (χ2v) is 6.56. The molecular formula is C9H16N4S2. The van der Waals surface area contributed by atoms with Crippen molar-refractivity contribution < 1.29 is 0 Å². The molecule has 0 aliphatic carbocycles. The highest BCUT2D eigenvalue weighted by Gasteiger charge is 2.14. The van der Waals surface area contributed by atoms with Crippen LogP contribution in [0, 0.1) is 0 Å². The molecular weight excluding hydrogens is 228 g/mol. The molecule has 0 saturated heterocycles. The third-order valence-corrected chi connectivity index (χ3v) is 3.00. The van der Waals surface area contributed by atoms with Crippen LogP contribution in [0.4, 0.5) is 5.82 Å². The van der Waals surface area contributed by atoms with Gasteiger partial charge in [-0.3, -0.25) is 0 Å². The van der Waals surface area contributed by atoms with E-state index < -0.39 is 0 Å². The first-order valence-electron chi connectivity index (χ1n) is 4.53. The molecule has 0 amide bonds. The average molecular weight is 244 g/mol. The van der Waals surface area contributed by atoms with E-state index in [0.29, 0.717) is 5.82 Å². The van der Waals surface area contributed by atoms with E-state index in [1.54, 1.807) is 11.8 Å². The monoisotopic (exact) mass is 244 g/mol. The molecule has 0 atom stereocenters. The van der Waals surface area contributed by atoms with Gasteiger partial charge in [0.15, 0.2) is 5.16 Å². The third kappa shape index (κ3) is 4.27. The van der Waals surface area contributed by atoms with Crippen LogP contribution in [0.5, 0.6) is 0 Å². The van der Waals surface area contributed by atoms with Crippen molar-refractivity contribution in [2.45, 2.75) is 35.7 Å². The molecule has 84 valence electrons. The standard InChI is InChI=1S/C9H16N4S2/c1-9(2,3)15-7-5-6(13-10)11-8(12-7)14-4/h5H,10H2,1-4H3,(H,11,12,13). The summed E-state index contributed by atoms with van der Waals surface area (Å²) in [6.07, 6.45) is 1.95. The smallest absolute Gasteiger partial charge is 0.190 e. The Hall–Kier alpha value is -0.460. The Labute approximate surface area is 98.8 Å². The van der Waals surface area contributed by atoms with E-state index in [1.165, 1.54) is 11.8 Å². The summed E-state index contributed by atoms with van der Waals surface area (Å²) in [6.45, 7) is 6.44. The van der Waals surface area contributed by atoms with Crippen LogP contribution in [-0.2, 0) is 0 Å². The number of thioether (sulfide) groups is 2. The molecule has 0 aromatic carbocycles. The number of aromatic nitrogens is 2. The zero-order chi connectivity index (χ0) is 11.5. The molecule has 0 bridgehead atoms. The third-order valence-electron chi connectivity index (χ3n) is 1.42. The van der Waals surface area contributed by atoms with Crippen molar-refractivity contribution in [2.24, 2.45) is 5.84 Å². The predicted molar refractivity (Wildman–Crippen MR) is 67.2 cm³/mol. The second-order valence-electron chi connectivity index (χ2n) is 3.94. The van der Waals surface area contributed by atoms with Crippen LogP contribution in [0.15, 0.2) is 16.2 Å². The van der Waals surface area contributed by atoms with Gasteiger partial charge in [0.2, 0.25) is 0 Å². The summed E-state index contributed by atoms with van der Waals surface area (Å²) in [4.78, 5) is 8.61. The number of anilines is 1. The van der Waals surface area contributed by atoms with Gasteiger partial charge in [0.05, 0.1) is 0 Å². The summed E-state index contributed by atoms with van der Waals surface area (Å²) >= 11 is 3.21. The van der Waals surface area contributed by atoms with Crippen molar-refractivity contribution in [2.75, 3.05) is 11.7 Å². The van der Waals surface area contributed by atoms with Crippen molar-refractivity contribution in [1.29, 1.82) is 0 Å². The van der Waals surface area contributed by atoms with Crippen molar-refractivity contribution in [3.05, 3.63) is 6.07 Å². The van der Waals surface area contributed by atoms with Crippen LogP contribution in [0.1, 0.15) is 20.8 Å². The normalized spacial score (nSPS) is 11.5. The molecule has 0 fully saturated rings. The number of nitrogens with one attached hydrogen (secondary N) is 1. The lowest BCUT2D eigenvalue weighted by atomic mass is 10.3. The molecule has 0 spiro atoms. The van der Waals surface area contributed by atoms with Gasteiger partial charge in [0.25, 0.3) is 0 Å². The van der Waals surface area contributed by atoms with Crippen LogP contribution in [0.3, 0.4) is 0 Å². The van der Waals surface area contributed by atoms with Crippen molar-refractivity contribution in [3.8, 4) is 0 Å². The van der Waals surface area contributed by atoms with Gasteiger partial charge in [-0.25, -0.2) is 15.8 Å². The summed E-state index contributed by atoms with van der Waals surface area (Å²) in [5.41, 5.74) is 2.55. The van der Waals surface area contributed by atoms with Crippen molar-refractivity contribution in [1.82, 2.24) is 9.97 Å². The summed E-state index contributed by atoms with van der Waals surface area (Å²) in [7, 11) is 0. The van der Waals surface area contributed by atoms with Gasteiger partial charge in [-0.2, -0.15) is 0 Å². The minimum atomic E-state index is 0.135. The number of nitrogen functional groups attached to an aromatic ring is 1. The van der Waals surface area contributed by atoms with Gasteiger partial charge >= 0.3 is 0 Å². The Kier molecular flexibility index (Phi) is 4.24. The van der Waals surface area contributed by atoms with Crippen LogP contribution >= 0.6 is 23.5 Å². The number of hydrogen-bond acceptors (Lipinski definition) is 6. The van der Waals surface area contributed by atoms with Crippen LogP contribution in [0.25, 0.3) is 0 Å². The Morgan fingerprint density at radius 3 is 2.47 bits per heavy atom. The fourth-order valence-electron chi connectivity index (χ4n) is 0.935. The van der Waals surface area contributed by atoms with E-state index in [9.17, 15) is 0 Å². The van der Waals surface area contributed by atoms with E-state index >= 15 is 0 Å². The Bertz CT molecular complexity index is 313. The van der Waals surface area contributed by atoms with Gasteiger partial charge in [-0.1, -0.05) is 32.5 Å². The maximum atomic E-state index is 5.35. The zero-order valence-corrected chi connectivity index (χ0v) is 11.0. The van der Waals surface area contributed by atoms with Gasteiger partial charge in [0.1, 0.15) is 10.8 Å². The second kappa shape index (κ2) is 5.05. The number of hydrogen-bond donors (Lipinski definition) is 2. The summed E-state index contributed by atoms with van der Waals surface area (Å²) in [5, 5.41) is 1.67. The fraction of sp³-hybridized carbons (Fsp3) is 0.556. The van der Waals surface area contributed by atoms with Gasteiger partial charge < -0.3 is 5.43 Å². The summed E-state index contributed by atoms with van der Waals surface area (Å²) in [5.74, 6) is 6.00. The van der Waals surface area contributed by atoms with Gasteiger partial charge in [-0.05, 0) is 6.26 Å². The highest BCUT2D eigenvalue weighted by Crippen LogP contribution is 2.32. The number of rotatable bonds is 3. The molecule has 0 saturated carbocycles. The van der Waals surface area contributed by atoms with Gasteiger partial charge in [0, 0.05) is 10.8 Å². The minimum Gasteiger partial charge on any atom is -0.308 e. The quantitative estimate of drug-likeness (QED) is 0.280. The lowest BCUT2D eigenvalue weighted by molar-refractivity contribution is 0.792. The van der Waals surface area contributed by atoms with Crippen molar-refractivity contribution >= 4 is 29.3 Å². The van der Waals surface area contributed by atoms with Crippen LogP contribution in [0.2, 0.25) is 0 Å². The first kappa shape index (κ1) is 12.6. The Morgan fingerprint density at radius 2 is 2.00 bits per heavy atom. The molecule has 0 aliphatic rings. The fourth-order valence-corrected chi connectivity index (χ4v) is 2.30. The van der Waals surface area contributed by atoms with E-state index in [0.717, 1.165) is 10.2 Å². The first-order chi connectivity index (χ1) is 6.94. The van der Waals surface area contributed by atoms with E-state index in [2.05, 4.69) is 36.2 Å². The zero-order valence-electron chi connectivity index (χ0n) is 9.37. The van der Waals surface area contributed by atoms with Crippen LogP contribution in [-0.4, -0.2) is 21.0 Å². The van der Waals surface area contributed by atoms with Crippen molar-refractivity contribution in [3.63, 3.8) is 0 Å². The molecule has 4 nitrogen and oxygen atoms in total. The first-order valence-corrected chi connectivity index (χ1v) is 6.57. The Morgan fingerprint density at radius 1 is 1.33 bits per heavy atom. The molecule has 3 N–H and O–H groups in total. The molecule has 1 rings (SSSR count). The Balaban J connectivity index is 2.97. The van der Waals surface area contributed by atoms with E-state index in [4.69, 9.17) is 5.84 Å².